The van der Waals surface area contributed by atoms with E-state index < -0.39 is 0 Å². The van der Waals surface area contributed by atoms with Gasteiger partial charge in [-0.05, 0) is 43.3 Å². The molecule has 4 nitrogen and oxygen atoms in total. The Balaban J connectivity index is 2.31. The monoisotopic (exact) mass is 259 g/mol. The van der Waals surface area contributed by atoms with Crippen molar-refractivity contribution in [2.24, 2.45) is 0 Å². The van der Waals surface area contributed by atoms with Crippen molar-refractivity contribution in [1.29, 1.82) is 0 Å². The first-order chi connectivity index (χ1) is 9.11. The fourth-order valence-corrected chi connectivity index (χ4v) is 1.77. The molecule has 2 N–H and O–H groups in total. The number of carbonyl (C=O) groups excluding carboxylic acids is 1. The van der Waals surface area contributed by atoms with Crippen LogP contribution in [0.3, 0.4) is 0 Å². The number of anilines is 2. The average molecular weight is 259 g/mol. The largest absolute Gasteiger partial charge is 0.384 e. The van der Waals surface area contributed by atoms with E-state index in [0.717, 1.165) is 0 Å². The molecule has 19 heavy (non-hydrogen) atoms. The number of nitrogens with two attached hydrogens (primary N) is 1. The number of hydrogen-bond acceptors (Lipinski definition) is 3. The average Bonchev–Trinajstić information content (AvgIpc) is 2.41. The van der Waals surface area contributed by atoms with Crippen molar-refractivity contribution in [3.05, 3.63) is 54.0 Å². The second kappa shape index (κ2) is 5.48. The summed E-state index contributed by atoms with van der Waals surface area (Å²) in [6.07, 6.45) is 0. The summed E-state index contributed by atoms with van der Waals surface area (Å²) in [7, 11) is 0. The summed E-state index contributed by atoms with van der Waals surface area (Å²) in [5, 5.41) is 0. The zero-order valence-corrected chi connectivity index (χ0v) is 10.5. The summed E-state index contributed by atoms with van der Waals surface area (Å²) >= 11 is 0. The molecule has 0 aliphatic rings. The molecule has 0 aliphatic heterocycles. The lowest BCUT2D eigenvalue weighted by Crippen LogP contribution is -2.31. The molecule has 98 valence electrons. The van der Waals surface area contributed by atoms with Crippen molar-refractivity contribution in [3.63, 3.8) is 0 Å². The molecular weight excluding hydrogens is 245 g/mol. The van der Waals surface area contributed by atoms with Crippen LogP contribution < -0.4 is 10.6 Å². The van der Waals surface area contributed by atoms with Crippen LogP contribution in [-0.4, -0.2) is 17.4 Å². The Labute approximate surface area is 110 Å². The van der Waals surface area contributed by atoms with Gasteiger partial charge in [0.2, 0.25) is 0 Å². The molecule has 0 unspecified atom stereocenters. The van der Waals surface area contributed by atoms with Crippen LogP contribution in [0.25, 0.3) is 0 Å². The van der Waals surface area contributed by atoms with E-state index in [1.54, 1.807) is 30.3 Å². The third-order valence-corrected chi connectivity index (χ3v) is 2.69. The lowest BCUT2D eigenvalue weighted by Gasteiger charge is -2.20. The van der Waals surface area contributed by atoms with E-state index >= 15 is 0 Å². The van der Waals surface area contributed by atoms with Gasteiger partial charge in [-0.15, -0.1) is 0 Å². The molecule has 0 atom stereocenters. The zero-order chi connectivity index (χ0) is 13.8. The number of pyridine rings is 1. The highest BCUT2D eigenvalue weighted by Crippen LogP contribution is 2.17. The second-order valence-electron chi connectivity index (χ2n) is 3.97. The molecule has 1 aromatic carbocycles. The molecule has 0 fully saturated rings. The fraction of sp³-hybridized carbons (Fsp3) is 0.143. The summed E-state index contributed by atoms with van der Waals surface area (Å²) in [6.45, 7) is 2.30. The van der Waals surface area contributed by atoms with E-state index in [-0.39, 0.29) is 17.4 Å². The van der Waals surface area contributed by atoms with Crippen molar-refractivity contribution >= 4 is 17.4 Å². The minimum Gasteiger partial charge on any atom is -0.384 e. The minimum absolute atomic E-state index is 0.263. The lowest BCUT2D eigenvalue weighted by molar-refractivity contribution is 0.0983. The molecule has 0 aliphatic carbocycles. The normalized spacial score (nSPS) is 10.2. The summed E-state index contributed by atoms with van der Waals surface area (Å²) in [6, 6.07) is 10.6. The number of nitrogen functional groups attached to an aromatic ring is 1. The van der Waals surface area contributed by atoms with E-state index in [2.05, 4.69) is 4.98 Å². The quantitative estimate of drug-likeness (QED) is 0.921. The highest BCUT2D eigenvalue weighted by molar-refractivity contribution is 6.04. The van der Waals surface area contributed by atoms with E-state index in [0.29, 0.717) is 18.1 Å². The maximum Gasteiger partial charge on any atom is 0.276 e. The van der Waals surface area contributed by atoms with Crippen LogP contribution in [0, 0.1) is 5.82 Å². The van der Waals surface area contributed by atoms with E-state index in [4.69, 9.17) is 5.73 Å². The van der Waals surface area contributed by atoms with Crippen molar-refractivity contribution in [1.82, 2.24) is 4.98 Å². The Morgan fingerprint density at radius 3 is 2.53 bits per heavy atom. The number of nitrogens with zero attached hydrogens (tertiary/aromatic N) is 2. The van der Waals surface area contributed by atoms with Gasteiger partial charge >= 0.3 is 0 Å². The van der Waals surface area contributed by atoms with Crippen LogP contribution in [0.1, 0.15) is 17.4 Å². The molecule has 1 amide bonds. The number of hydrogen-bond donors (Lipinski definition) is 1. The van der Waals surface area contributed by atoms with Crippen molar-refractivity contribution in [2.75, 3.05) is 17.2 Å². The van der Waals surface area contributed by atoms with Crippen LogP contribution in [-0.2, 0) is 0 Å². The van der Waals surface area contributed by atoms with Crippen LogP contribution in [0.15, 0.2) is 42.5 Å². The van der Waals surface area contributed by atoms with Crippen molar-refractivity contribution in [2.45, 2.75) is 6.92 Å². The molecule has 0 spiro atoms. The smallest absolute Gasteiger partial charge is 0.276 e. The molecule has 0 bridgehead atoms. The molecule has 1 aromatic heterocycles. The molecular formula is C14H14FN3O. The Hall–Kier alpha value is -2.43. The van der Waals surface area contributed by atoms with Crippen molar-refractivity contribution < 1.29 is 9.18 Å². The molecule has 2 rings (SSSR count). The highest BCUT2D eigenvalue weighted by Gasteiger charge is 2.17. The third kappa shape index (κ3) is 2.88. The number of aromatic nitrogens is 1. The van der Waals surface area contributed by atoms with Gasteiger partial charge in [0.1, 0.15) is 17.3 Å². The summed E-state index contributed by atoms with van der Waals surface area (Å²) in [4.78, 5) is 17.8. The van der Waals surface area contributed by atoms with Gasteiger partial charge in [0.05, 0.1) is 0 Å². The molecule has 0 saturated heterocycles. The first kappa shape index (κ1) is 13.0. The molecule has 1 heterocycles. The van der Waals surface area contributed by atoms with Gasteiger partial charge in [-0.25, -0.2) is 9.37 Å². The molecule has 2 aromatic rings. The number of rotatable bonds is 3. The van der Waals surface area contributed by atoms with Crippen molar-refractivity contribution in [3.8, 4) is 0 Å². The summed E-state index contributed by atoms with van der Waals surface area (Å²) in [5.41, 5.74) is 6.46. The number of amides is 1. The van der Waals surface area contributed by atoms with Gasteiger partial charge in [0.25, 0.3) is 5.91 Å². The van der Waals surface area contributed by atoms with Crippen LogP contribution in [0.2, 0.25) is 0 Å². The highest BCUT2D eigenvalue weighted by atomic mass is 19.1. The van der Waals surface area contributed by atoms with E-state index in [9.17, 15) is 9.18 Å². The van der Waals surface area contributed by atoms with Gasteiger partial charge in [-0.1, -0.05) is 6.07 Å². The van der Waals surface area contributed by atoms with Crippen LogP contribution >= 0.6 is 0 Å². The van der Waals surface area contributed by atoms with Gasteiger partial charge < -0.3 is 10.6 Å². The SMILES string of the molecule is CCN(C(=O)c1cccc(N)n1)c1ccc(F)cc1. The van der Waals surface area contributed by atoms with Gasteiger partial charge in [0.15, 0.2) is 0 Å². The maximum atomic E-state index is 12.9. The summed E-state index contributed by atoms with van der Waals surface area (Å²) in [5.74, 6) is -0.309. The Bertz CT molecular complexity index is 583. The zero-order valence-electron chi connectivity index (χ0n) is 10.5. The lowest BCUT2D eigenvalue weighted by atomic mass is 10.2. The van der Waals surface area contributed by atoms with Gasteiger partial charge in [-0.3, -0.25) is 4.79 Å². The number of halogens is 1. The minimum atomic E-state index is -0.339. The number of carbonyl (C=O) groups is 1. The molecule has 0 radical (unpaired) electrons. The first-order valence-corrected chi connectivity index (χ1v) is 5.91. The van der Waals surface area contributed by atoms with Crippen LogP contribution in [0.4, 0.5) is 15.9 Å². The predicted molar refractivity (Wildman–Crippen MR) is 72.4 cm³/mol. The van der Waals surface area contributed by atoms with Gasteiger partial charge in [-0.2, -0.15) is 0 Å². The predicted octanol–water partition coefficient (Wildman–Crippen LogP) is 2.47. The fourth-order valence-electron chi connectivity index (χ4n) is 1.77. The molecule has 0 saturated carbocycles. The number of benzene rings is 1. The van der Waals surface area contributed by atoms with Gasteiger partial charge in [0, 0.05) is 12.2 Å². The second-order valence-corrected chi connectivity index (χ2v) is 3.97. The maximum absolute atomic E-state index is 12.9. The Morgan fingerprint density at radius 1 is 1.26 bits per heavy atom. The Kier molecular flexibility index (Phi) is 3.75. The standard InChI is InChI=1S/C14H14FN3O/c1-2-18(11-8-6-10(15)7-9-11)14(19)12-4-3-5-13(16)17-12/h3-9H,2H2,1H3,(H2,16,17). The van der Waals surface area contributed by atoms with E-state index in [1.165, 1.54) is 17.0 Å². The van der Waals surface area contributed by atoms with E-state index in [1.807, 2.05) is 6.92 Å². The Morgan fingerprint density at radius 2 is 1.95 bits per heavy atom. The first-order valence-electron chi connectivity index (χ1n) is 5.91. The third-order valence-electron chi connectivity index (χ3n) is 2.69. The topological polar surface area (TPSA) is 59.2 Å². The molecule has 5 heteroatoms. The summed E-state index contributed by atoms with van der Waals surface area (Å²) < 4.78 is 12.9. The van der Waals surface area contributed by atoms with Crippen LogP contribution in [0.5, 0.6) is 0 Å².